The first-order chi connectivity index (χ1) is 13.6. The summed E-state index contributed by atoms with van der Waals surface area (Å²) in [6.45, 7) is 0.0200. The minimum absolute atomic E-state index is 0.0142. The first-order valence-corrected chi connectivity index (χ1v) is 8.61. The summed E-state index contributed by atoms with van der Waals surface area (Å²) < 4.78 is 27.5. The molecule has 0 aliphatic carbocycles. The molecule has 0 radical (unpaired) electrons. The SMILES string of the molecule is N#Cc1cnc2[nH]cc(Cc3cncc(NCc4c(F)cccc4F)c3)c2c1. The van der Waals surface area contributed by atoms with Crippen molar-refractivity contribution in [3.8, 4) is 6.07 Å². The van der Waals surface area contributed by atoms with Crippen molar-refractivity contribution in [1.29, 1.82) is 5.26 Å². The number of fused-ring (bicyclic) bond motifs is 1. The molecule has 3 heterocycles. The van der Waals surface area contributed by atoms with Crippen LogP contribution in [-0.2, 0) is 13.0 Å². The zero-order valence-electron chi connectivity index (χ0n) is 14.7. The average molecular weight is 375 g/mol. The molecule has 0 saturated heterocycles. The number of rotatable bonds is 5. The van der Waals surface area contributed by atoms with Crippen LogP contribution < -0.4 is 5.32 Å². The lowest BCUT2D eigenvalue weighted by molar-refractivity contribution is 0.560. The molecule has 0 amide bonds. The van der Waals surface area contributed by atoms with E-state index < -0.39 is 11.6 Å². The summed E-state index contributed by atoms with van der Waals surface area (Å²) in [5.41, 5.74) is 3.76. The van der Waals surface area contributed by atoms with Gasteiger partial charge in [0.25, 0.3) is 0 Å². The highest BCUT2D eigenvalue weighted by Crippen LogP contribution is 2.22. The molecule has 5 nitrogen and oxygen atoms in total. The molecule has 1 aromatic carbocycles. The molecule has 0 spiro atoms. The zero-order chi connectivity index (χ0) is 19.5. The molecule has 4 aromatic rings. The van der Waals surface area contributed by atoms with E-state index >= 15 is 0 Å². The van der Waals surface area contributed by atoms with Crippen molar-refractivity contribution in [3.05, 3.63) is 89.0 Å². The summed E-state index contributed by atoms with van der Waals surface area (Å²) in [5.74, 6) is -1.17. The van der Waals surface area contributed by atoms with Crippen LogP contribution in [0.2, 0.25) is 0 Å². The number of aromatic amines is 1. The van der Waals surface area contributed by atoms with Crippen LogP contribution >= 0.6 is 0 Å². The molecule has 0 unspecified atom stereocenters. The number of anilines is 1. The van der Waals surface area contributed by atoms with Gasteiger partial charge in [-0.2, -0.15) is 5.26 Å². The summed E-state index contributed by atoms with van der Waals surface area (Å²) in [6.07, 6.45) is 7.29. The molecule has 4 rings (SSSR count). The standard InChI is InChI=1S/C21H15F2N5/c22-19-2-1-3-20(23)18(19)12-26-16-5-13(8-25-11-16)4-15-10-28-21-17(15)6-14(7-24)9-27-21/h1-3,5-6,8-11,26H,4,12H2,(H,27,28). The Bertz CT molecular complexity index is 1170. The van der Waals surface area contributed by atoms with Crippen LogP contribution in [0.3, 0.4) is 0 Å². The van der Waals surface area contributed by atoms with Crippen molar-refractivity contribution in [2.45, 2.75) is 13.0 Å². The summed E-state index contributed by atoms with van der Waals surface area (Å²) >= 11 is 0. The molecule has 138 valence electrons. The Hall–Kier alpha value is -3.79. The number of halogens is 2. The van der Waals surface area contributed by atoms with Crippen LogP contribution in [0.4, 0.5) is 14.5 Å². The lowest BCUT2D eigenvalue weighted by Crippen LogP contribution is -2.05. The zero-order valence-corrected chi connectivity index (χ0v) is 14.7. The predicted octanol–water partition coefficient (Wildman–Crippen LogP) is 4.31. The van der Waals surface area contributed by atoms with Gasteiger partial charge in [-0.15, -0.1) is 0 Å². The van der Waals surface area contributed by atoms with Gasteiger partial charge in [0.2, 0.25) is 0 Å². The number of nitrogens with one attached hydrogen (secondary N) is 2. The van der Waals surface area contributed by atoms with Gasteiger partial charge in [0, 0.05) is 48.7 Å². The van der Waals surface area contributed by atoms with Crippen molar-refractivity contribution in [2.24, 2.45) is 0 Å². The Morgan fingerprint density at radius 1 is 1.11 bits per heavy atom. The minimum Gasteiger partial charge on any atom is -0.379 e. The molecule has 0 fully saturated rings. The Morgan fingerprint density at radius 2 is 1.93 bits per heavy atom. The Labute approximate surface area is 159 Å². The number of H-pyrrole nitrogens is 1. The average Bonchev–Trinajstić information content (AvgIpc) is 3.10. The van der Waals surface area contributed by atoms with E-state index in [1.165, 1.54) is 24.4 Å². The molecule has 0 aliphatic heterocycles. The molecule has 2 N–H and O–H groups in total. The van der Waals surface area contributed by atoms with Gasteiger partial charge in [0.1, 0.15) is 23.4 Å². The highest BCUT2D eigenvalue weighted by molar-refractivity contribution is 5.81. The van der Waals surface area contributed by atoms with Crippen LogP contribution in [0.5, 0.6) is 0 Å². The third-order valence-corrected chi connectivity index (χ3v) is 4.47. The molecule has 0 atom stereocenters. The van der Waals surface area contributed by atoms with Crippen molar-refractivity contribution < 1.29 is 8.78 Å². The van der Waals surface area contributed by atoms with Gasteiger partial charge >= 0.3 is 0 Å². The van der Waals surface area contributed by atoms with Crippen LogP contribution in [0, 0.1) is 23.0 Å². The maximum Gasteiger partial charge on any atom is 0.137 e. The number of benzene rings is 1. The van der Waals surface area contributed by atoms with Gasteiger partial charge in [0.15, 0.2) is 0 Å². The lowest BCUT2D eigenvalue weighted by atomic mass is 10.1. The summed E-state index contributed by atoms with van der Waals surface area (Å²) in [6, 6.07) is 9.57. The maximum absolute atomic E-state index is 13.8. The van der Waals surface area contributed by atoms with E-state index in [4.69, 9.17) is 5.26 Å². The summed E-state index contributed by atoms with van der Waals surface area (Å²) in [4.78, 5) is 11.5. The van der Waals surface area contributed by atoms with E-state index in [0.717, 1.165) is 16.5 Å². The van der Waals surface area contributed by atoms with Gasteiger partial charge in [0.05, 0.1) is 11.3 Å². The van der Waals surface area contributed by atoms with Crippen molar-refractivity contribution in [3.63, 3.8) is 0 Å². The number of hydrogen-bond donors (Lipinski definition) is 2. The smallest absolute Gasteiger partial charge is 0.137 e. The first kappa shape index (κ1) is 17.6. The van der Waals surface area contributed by atoms with E-state index in [2.05, 4.69) is 26.3 Å². The molecular weight excluding hydrogens is 360 g/mol. The molecule has 0 bridgehead atoms. The third-order valence-electron chi connectivity index (χ3n) is 4.47. The minimum atomic E-state index is -0.587. The maximum atomic E-state index is 13.8. The second-order valence-corrected chi connectivity index (χ2v) is 6.36. The molecule has 0 aliphatic rings. The predicted molar refractivity (Wildman–Crippen MR) is 102 cm³/mol. The van der Waals surface area contributed by atoms with Gasteiger partial charge in [-0.3, -0.25) is 4.98 Å². The second-order valence-electron chi connectivity index (χ2n) is 6.36. The Balaban J connectivity index is 1.54. The van der Waals surface area contributed by atoms with E-state index in [9.17, 15) is 8.78 Å². The van der Waals surface area contributed by atoms with E-state index in [1.54, 1.807) is 18.5 Å². The number of pyridine rings is 2. The first-order valence-electron chi connectivity index (χ1n) is 8.61. The van der Waals surface area contributed by atoms with E-state index in [-0.39, 0.29) is 12.1 Å². The van der Waals surface area contributed by atoms with Crippen molar-refractivity contribution in [2.75, 3.05) is 5.32 Å². The van der Waals surface area contributed by atoms with Gasteiger partial charge in [-0.1, -0.05) is 6.07 Å². The number of nitrogens with zero attached hydrogens (tertiary/aromatic N) is 3. The van der Waals surface area contributed by atoms with Crippen LogP contribution in [0.1, 0.15) is 22.3 Å². The topological polar surface area (TPSA) is 77.4 Å². The molecule has 3 aromatic heterocycles. The molecule has 0 saturated carbocycles. The van der Waals surface area contributed by atoms with Crippen LogP contribution in [0.25, 0.3) is 11.0 Å². The normalized spacial score (nSPS) is 10.8. The van der Waals surface area contributed by atoms with Crippen molar-refractivity contribution >= 4 is 16.7 Å². The van der Waals surface area contributed by atoms with E-state index in [1.807, 2.05) is 12.3 Å². The van der Waals surface area contributed by atoms with Crippen LogP contribution in [0.15, 0.2) is 55.1 Å². The van der Waals surface area contributed by atoms with E-state index in [0.29, 0.717) is 23.3 Å². The molecule has 28 heavy (non-hydrogen) atoms. The monoisotopic (exact) mass is 375 g/mol. The van der Waals surface area contributed by atoms with Crippen molar-refractivity contribution in [1.82, 2.24) is 15.0 Å². The Kier molecular flexibility index (Phi) is 4.68. The fourth-order valence-electron chi connectivity index (χ4n) is 3.06. The quantitative estimate of drug-likeness (QED) is 0.545. The van der Waals surface area contributed by atoms with Gasteiger partial charge in [-0.25, -0.2) is 13.8 Å². The highest BCUT2D eigenvalue weighted by atomic mass is 19.1. The number of aromatic nitrogens is 3. The van der Waals surface area contributed by atoms with Crippen LogP contribution in [-0.4, -0.2) is 15.0 Å². The summed E-state index contributed by atoms with van der Waals surface area (Å²) in [7, 11) is 0. The van der Waals surface area contributed by atoms with Gasteiger partial charge < -0.3 is 10.3 Å². The lowest BCUT2D eigenvalue weighted by Gasteiger charge is -2.09. The third kappa shape index (κ3) is 3.53. The number of hydrogen-bond acceptors (Lipinski definition) is 4. The Morgan fingerprint density at radius 3 is 2.71 bits per heavy atom. The molecule has 7 heteroatoms. The molecular formula is C21H15F2N5. The largest absolute Gasteiger partial charge is 0.379 e. The highest BCUT2D eigenvalue weighted by Gasteiger charge is 2.10. The fourth-order valence-corrected chi connectivity index (χ4v) is 3.06. The van der Waals surface area contributed by atoms with Gasteiger partial charge in [-0.05, 0) is 35.4 Å². The fraction of sp³-hybridized carbons (Fsp3) is 0.0952. The summed E-state index contributed by atoms with van der Waals surface area (Å²) in [5, 5.41) is 13.0. The second kappa shape index (κ2) is 7.45. The number of nitriles is 1.